The molecule has 1 heterocycles. The van der Waals surface area contributed by atoms with Gasteiger partial charge in [0.15, 0.2) is 0 Å². The van der Waals surface area contributed by atoms with E-state index in [1.807, 2.05) is 13.8 Å². The van der Waals surface area contributed by atoms with E-state index in [0.29, 0.717) is 10.4 Å². The van der Waals surface area contributed by atoms with Gasteiger partial charge in [-0.1, -0.05) is 19.9 Å². The van der Waals surface area contributed by atoms with Crippen LogP contribution in [0, 0.1) is 5.92 Å². The average Bonchev–Trinajstić information content (AvgIpc) is 1.99. The minimum absolute atomic E-state index is 0.0923. The van der Waals surface area contributed by atoms with E-state index in [0.717, 1.165) is 0 Å². The van der Waals surface area contributed by atoms with Crippen LogP contribution in [-0.4, -0.2) is 19.2 Å². The maximum atomic E-state index is 11.6. The Morgan fingerprint density at radius 2 is 2.13 bits per heavy atom. The molecule has 1 aromatic rings. The highest BCUT2D eigenvalue weighted by Crippen LogP contribution is 2.12. The molecule has 15 heavy (non-hydrogen) atoms. The molecule has 1 aromatic heterocycles. The van der Waals surface area contributed by atoms with Crippen molar-refractivity contribution < 1.29 is 8.42 Å². The van der Waals surface area contributed by atoms with E-state index in [-0.39, 0.29) is 11.7 Å². The molecule has 4 nitrogen and oxygen atoms in total. The van der Waals surface area contributed by atoms with Crippen LogP contribution in [0.4, 0.5) is 5.82 Å². The molecule has 0 aliphatic carbocycles. The first-order valence-electron chi connectivity index (χ1n) is 4.52. The van der Waals surface area contributed by atoms with Gasteiger partial charge in [-0.15, -0.1) is 0 Å². The Kier molecular flexibility index (Phi) is 4.10. The highest BCUT2D eigenvalue weighted by Gasteiger charge is 2.13. The molecule has 0 amide bonds. The van der Waals surface area contributed by atoms with Crippen LogP contribution >= 0.6 is 15.9 Å². The standard InChI is InChI=1S/C9H13BrN2O2S/c1-7(2)6-15(13,14)12-9-5-3-4-8(10)11-9/h3-5,7H,6H2,1-2H3,(H,11,12). The highest BCUT2D eigenvalue weighted by molar-refractivity contribution is 9.10. The molecule has 0 aliphatic rings. The number of halogens is 1. The van der Waals surface area contributed by atoms with Gasteiger partial charge in [0, 0.05) is 0 Å². The highest BCUT2D eigenvalue weighted by atomic mass is 79.9. The van der Waals surface area contributed by atoms with Crippen molar-refractivity contribution in [3.63, 3.8) is 0 Å². The van der Waals surface area contributed by atoms with Crippen molar-refractivity contribution in [3.8, 4) is 0 Å². The topological polar surface area (TPSA) is 59.1 Å². The molecule has 0 radical (unpaired) electrons. The number of anilines is 1. The third-order valence-electron chi connectivity index (χ3n) is 1.53. The predicted molar refractivity (Wildman–Crippen MR) is 64.2 cm³/mol. The van der Waals surface area contributed by atoms with Crippen LogP contribution in [0.5, 0.6) is 0 Å². The summed E-state index contributed by atoms with van der Waals surface area (Å²) in [6, 6.07) is 5.08. The lowest BCUT2D eigenvalue weighted by Crippen LogP contribution is -2.20. The molecule has 0 bridgehead atoms. The van der Waals surface area contributed by atoms with Gasteiger partial charge in [-0.2, -0.15) is 0 Å². The normalized spacial score (nSPS) is 11.7. The fraction of sp³-hybridized carbons (Fsp3) is 0.444. The SMILES string of the molecule is CC(C)CS(=O)(=O)Nc1cccc(Br)n1. The predicted octanol–water partition coefficient (Wildman–Crippen LogP) is 2.24. The van der Waals surface area contributed by atoms with Gasteiger partial charge >= 0.3 is 0 Å². The van der Waals surface area contributed by atoms with Gasteiger partial charge in [0.2, 0.25) is 10.0 Å². The second kappa shape index (κ2) is 4.94. The Morgan fingerprint density at radius 3 is 2.67 bits per heavy atom. The number of rotatable bonds is 4. The molecule has 1 rings (SSSR count). The van der Waals surface area contributed by atoms with Gasteiger partial charge in [0.25, 0.3) is 0 Å². The largest absolute Gasteiger partial charge is 0.267 e. The van der Waals surface area contributed by atoms with Crippen molar-refractivity contribution in [2.24, 2.45) is 5.92 Å². The van der Waals surface area contributed by atoms with E-state index in [1.165, 1.54) is 0 Å². The van der Waals surface area contributed by atoms with Crippen LogP contribution in [0.15, 0.2) is 22.8 Å². The van der Waals surface area contributed by atoms with E-state index in [2.05, 4.69) is 25.6 Å². The number of hydrogen-bond acceptors (Lipinski definition) is 3. The second-order valence-corrected chi connectivity index (χ2v) is 6.20. The number of hydrogen-bond donors (Lipinski definition) is 1. The summed E-state index contributed by atoms with van der Waals surface area (Å²) in [6.45, 7) is 3.71. The quantitative estimate of drug-likeness (QED) is 0.866. The van der Waals surface area contributed by atoms with E-state index in [4.69, 9.17) is 0 Å². The van der Waals surface area contributed by atoms with E-state index >= 15 is 0 Å². The fourth-order valence-corrected chi connectivity index (χ4v) is 2.84. The summed E-state index contributed by atoms with van der Waals surface area (Å²) < 4.78 is 26.1. The Labute approximate surface area is 98.3 Å². The van der Waals surface area contributed by atoms with Crippen LogP contribution in [-0.2, 0) is 10.0 Å². The summed E-state index contributed by atoms with van der Waals surface area (Å²) in [4.78, 5) is 3.99. The van der Waals surface area contributed by atoms with E-state index < -0.39 is 10.0 Å². The Balaban J connectivity index is 2.78. The maximum absolute atomic E-state index is 11.6. The van der Waals surface area contributed by atoms with Crippen molar-refractivity contribution in [1.82, 2.24) is 4.98 Å². The Hall–Kier alpha value is -0.620. The minimum atomic E-state index is -3.28. The molecule has 0 atom stereocenters. The molecule has 6 heteroatoms. The zero-order valence-corrected chi connectivity index (χ0v) is 11.0. The molecule has 0 aromatic carbocycles. The van der Waals surface area contributed by atoms with E-state index in [1.54, 1.807) is 18.2 Å². The smallest absolute Gasteiger partial charge is 0.234 e. The van der Waals surface area contributed by atoms with Crippen molar-refractivity contribution in [3.05, 3.63) is 22.8 Å². The molecular formula is C9H13BrN2O2S. The Bertz CT molecular complexity index is 431. The molecule has 84 valence electrons. The maximum Gasteiger partial charge on any atom is 0.234 e. The summed E-state index contributed by atoms with van der Waals surface area (Å²) in [7, 11) is -3.28. The number of nitrogens with one attached hydrogen (secondary N) is 1. The Morgan fingerprint density at radius 1 is 1.47 bits per heavy atom. The van der Waals surface area contributed by atoms with Crippen molar-refractivity contribution in [1.29, 1.82) is 0 Å². The van der Waals surface area contributed by atoms with Crippen LogP contribution in [0.1, 0.15) is 13.8 Å². The first-order valence-corrected chi connectivity index (χ1v) is 6.96. The van der Waals surface area contributed by atoms with Crippen molar-refractivity contribution in [2.75, 3.05) is 10.5 Å². The van der Waals surface area contributed by atoms with Gasteiger partial charge in [-0.05, 0) is 34.0 Å². The van der Waals surface area contributed by atoms with Gasteiger partial charge in [0.05, 0.1) is 5.75 Å². The third-order valence-corrected chi connectivity index (χ3v) is 3.60. The summed E-state index contributed by atoms with van der Waals surface area (Å²) >= 11 is 3.17. The molecule has 0 unspecified atom stereocenters. The molecule has 0 saturated carbocycles. The number of sulfonamides is 1. The monoisotopic (exact) mass is 292 g/mol. The molecule has 0 aliphatic heterocycles. The third kappa shape index (κ3) is 4.61. The zero-order valence-electron chi connectivity index (χ0n) is 8.57. The fourth-order valence-electron chi connectivity index (χ4n) is 1.10. The molecule has 0 saturated heterocycles. The molecular weight excluding hydrogens is 280 g/mol. The lowest BCUT2D eigenvalue weighted by molar-refractivity contribution is 0.587. The lowest BCUT2D eigenvalue weighted by atomic mass is 10.3. The van der Waals surface area contributed by atoms with Gasteiger partial charge in [-0.3, -0.25) is 4.72 Å². The number of pyridine rings is 1. The van der Waals surface area contributed by atoms with Crippen molar-refractivity contribution in [2.45, 2.75) is 13.8 Å². The molecule has 0 fully saturated rings. The summed E-state index contributed by atoms with van der Waals surface area (Å²) in [6.07, 6.45) is 0. The lowest BCUT2D eigenvalue weighted by Gasteiger charge is -2.08. The average molecular weight is 293 g/mol. The summed E-state index contributed by atoms with van der Waals surface area (Å²) in [5.74, 6) is 0.529. The number of aromatic nitrogens is 1. The summed E-state index contributed by atoms with van der Waals surface area (Å²) in [5, 5.41) is 0. The van der Waals surface area contributed by atoms with Crippen LogP contribution in [0.3, 0.4) is 0 Å². The van der Waals surface area contributed by atoms with Crippen LogP contribution < -0.4 is 4.72 Å². The second-order valence-electron chi connectivity index (χ2n) is 3.62. The van der Waals surface area contributed by atoms with E-state index in [9.17, 15) is 8.42 Å². The van der Waals surface area contributed by atoms with Crippen LogP contribution in [0.25, 0.3) is 0 Å². The van der Waals surface area contributed by atoms with Gasteiger partial charge in [-0.25, -0.2) is 13.4 Å². The minimum Gasteiger partial charge on any atom is -0.267 e. The summed E-state index contributed by atoms with van der Waals surface area (Å²) in [5.41, 5.74) is 0. The first-order chi connectivity index (χ1) is 6.89. The van der Waals surface area contributed by atoms with Gasteiger partial charge < -0.3 is 0 Å². The zero-order chi connectivity index (χ0) is 11.5. The molecule has 1 N–H and O–H groups in total. The van der Waals surface area contributed by atoms with Crippen molar-refractivity contribution >= 4 is 31.8 Å². The molecule has 0 spiro atoms. The first kappa shape index (κ1) is 12.4. The van der Waals surface area contributed by atoms with Crippen LogP contribution in [0.2, 0.25) is 0 Å². The number of nitrogens with zero attached hydrogens (tertiary/aromatic N) is 1. The van der Waals surface area contributed by atoms with Gasteiger partial charge in [0.1, 0.15) is 10.4 Å².